The maximum atomic E-state index is 11.3. The molecule has 3 N–H and O–H groups in total. The van der Waals surface area contributed by atoms with Crippen molar-refractivity contribution in [3.8, 4) is 0 Å². The second kappa shape index (κ2) is 14.0. The Morgan fingerprint density at radius 3 is 2.52 bits per heavy atom. The van der Waals surface area contributed by atoms with Crippen LogP contribution in [0.15, 0.2) is 12.2 Å². The molecule has 0 aromatic carbocycles. The van der Waals surface area contributed by atoms with Gasteiger partial charge in [0.15, 0.2) is 0 Å². The first-order chi connectivity index (χ1) is 11.0. The number of carbonyl (C=O) groups is 2. The summed E-state index contributed by atoms with van der Waals surface area (Å²) in [7, 11) is 1.52. The SMILES string of the molecule is C=C(C)C(=O)NCCOC(=O)NCCCCOCC(O)COC. The number of hydrogen-bond donors (Lipinski definition) is 3. The van der Waals surface area contributed by atoms with E-state index >= 15 is 0 Å². The number of nitrogens with one attached hydrogen (secondary N) is 2. The van der Waals surface area contributed by atoms with Crippen molar-refractivity contribution in [2.75, 3.05) is 46.6 Å². The third-order valence-corrected chi connectivity index (χ3v) is 2.66. The number of aliphatic hydroxyl groups excluding tert-OH is 1. The van der Waals surface area contributed by atoms with Crippen molar-refractivity contribution in [3.63, 3.8) is 0 Å². The van der Waals surface area contributed by atoms with Gasteiger partial charge >= 0.3 is 6.09 Å². The van der Waals surface area contributed by atoms with Crippen LogP contribution in [-0.2, 0) is 19.0 Å². The Labute approximate surface area is 137 Å². The average Bonchev–Trinajstić information content (AvgIpc) is 2.50. The zero-order valence-corrected chi connectivity index (χ0v) is 13.9. The van der Waals surface area contributed by atoms with Crippen molar-refractivity contribution in [2.24, 2.45) is 0 Å². The number of hydrogen-bond acceptors (Lipinski definition) is 6. The van der Waals surface area contributed by atoms with Crippen molar-refractivity contribution in [3.05, 3.63) is 12.2 Å². The first kappa shape index (κ1) is 21.4. The van der Waals surface area contributed by atoms with Gasteiger partial charge in [0.05, 0.1) is 19.8 Å². The lowest BCUT2D eigenvalue weighted by Gasteiger charge is -2.10. The Morgan fingerprint density at radius 1 is 1.13 bits per heavy atom. The molecule has 0 bridgehead atoms. The highest BCUT2D eigenvalue weighted by Crippen LogP contribution is 1.92. The Balaban J connectivity index is 3.37. The third-order valence-electron chi connectivity index (χ3n) is 2.66. The van der Waals surface area contributed by atoms with Gasteiger partial charge < -0.3 is 30.0 Å². The van der Waals surface area contributed by atoms with Crippen LogP contribution in [0.2, 0.25) is 0 Å². The fraction of sp³-hybridized carbons (Fsp3) is 0.733. The highest BCUT2D eigenvalue weighted by Gasteiger charge is 2.04. The number of ether oxygens (including phenoxy) is 3. The van der Waals surface area contributed by atoms with Gasteiger partial charge in [-0.1, -0.05) is 6.58 Å². The summed E-state index contributed by atoms with van der Waals surface area (Å²) in [5, 5.41) is 14.5. The third kappa shape index (κ3) is 13.7. The highest BCUT2D eigenvalue weighted by molar-refractivity contribution is 5.92. The first-order valence-electron chi connectivity index (χ1n) is 7.56. The Bertz CT molecular complexity index is 362. The molecule has 0 aromatic heterocycles. The summed E-state index contributed by atoms with van der Waals surface area (Å²) in [6.45, 7) is 6.91. The summed E-state index contributed by atoms with van der Waals surface area (Å²) in [4.78, 5) is 22.5. The smallest absolute Gasteiger partial charge is 0.407 e. The molecule has 0 heterocycles. The van der Waals surface area contributed by atoms with E-state index in [0.717, 1.165) is 12.8 Å². The summed E-state index contributed by atoms with van der Waals surface area (Å²) < 4.78 is 14.9. The van der Waals surface area contributed by atoms with E-state index in [2.05, 4.69) is 17.2 Å². The standard InChI is InChI=1S/C15H28N2O6/c1-12(2)14(19)16-7-9-23-15(20)17-6-4-5-8-22-11-13(18)10-21-3/h13,18H,1,4-11H2,2-3H3,(H,16,19)(H,17,20). The molecule has 1 unspecified atom stereocenters. The molecule has 2 amide bonds. The van der Waals surface area contributed by atoms with Crippen LogP contribution in [0.1, 0.15) is 19.8 Å². The number of methoxy groups -OCH3 is 1. The summed E-state index contributed by atoms with van der Waals surface area (Å²) in [5.74, 6) is -0.260. The number of rotatable bonds is 13. The van der Waals surface area contributed by atoms with Crippen LogP contribution in [0, 0.1) is 0 Å². The summed E-state index contributed by atoms with van der Waals surface area (Å²) in [6.07, 6.45) is 0.362. The molecule has 23 heavy (non-hydrogen) atoms. The molecule has 0 aliphatic rings. The van der Waals surface area contributed by atoms with Crippen LogP contribution in [0.25, 0.3) is 0 Å². The second-order valence-electron chi connectivity index (χ2n) is 4.99. The quantitative estimate of drug-likeness (QED) is 0.329. The molecular weight excluding hydrogens is 304 g/mol. The first-order valence-corrected chi connectivity index (χ1v) is 7.56. The molecule has 0 aromatic rings. The van der Waals surface area contributed by atoms with Crippen LogP contribution < -0.4 is 10.6 Å². The molecule has 0 aliphatic carbocycles. The fourth-order valence-corrected chi connectivity index (χ4v) is 1.49. The fourth-order valence-electron chi connectivity index (χ4n) is 1.49. The predicted molar refractivity (Wildman–Crippen MR) is 85.1 cm³/mol. The molecule has 8 nitrogen and oxygen atoms in total. The van der Waals surface area contributed by atoms with Gasteiger partial charge in [-0.2, -0.15) is 0 Å². The molecule has 0 rings (SSSR count). The number of alkyl carbamates (subject to hydrolysis) is 1. The Kier molecular flexibility index (Phi) is 13.0. The lowest BCUT2D eigenvalue weighted by Crippen LogP contribution is -2.31. The van der Waals surface area contributed by atoms with Crippen LogP contribution in [-0.4, -0.2) is 69.8 Å². The zero-order chi connectivity index (χ0) is 17.5. The molecule has 0 fully saturated rings. The van der Waals surface area contributed by atoms with Crippen LogP contribution in [0.4, 0.5) is 4.79 Å². The molecule has 0 aliphatic heterocycles. The largest absolute Gasteiger partial charge is 0.448 e. The minimum absolute atomic E-state index is 0.103. The van der Waals surface area contributed by atoms with Crippen LogP contribution in [0.3, 0.4) is 0 Å². The molecular formula is C15H28N2O6. The zero-order valence-electron chi connectivity index (χ0n) is 13.9. The van der Waals surface area contributed by atoms with E-state index < -0.39 is 12.2 Å². The lowest BCUT2D eigenvalue weighted by molar-refractivity contribution is -0.117. The summed E-state index contributed by atoms with van der Waals surface area (Å²) in [6, 6.07) is 0. The van der Waals surface area contributed by atoms with Gasteiger partial charge in [-0.15, -0.1) is 0 Å². The molecule has 0 spiro atoms. The second-order valence-corrected chi connectivity index (χ2v) is 4.99. The Morgan fingerprint density at radius 2 is 1.87 bits per heavy atom. The van der Waals surface area contributed by atoms with Gasteiger partial charge in [-0.25, -0.2) is 4.79 Å². The number of aliphatic hydroxyl groups is 1. The highest BCUT2D eigenvalue weighted by atomic mass is 16.5. The molecule has 8 heteroatoms. The van der Waals surface area contributed by atoms with E-state index in [4.69, 9.17) is 14.2 Å². The molecule has 0 saturated carbocycles. The minimum atomic E-state index is -0.613. The number of unbranched alkanes of at least 4 members (excludes halogenated alkanes) is 1. The maximum absolute atomic E-state index is 11.3. The van der Waals surface area contributed by atoms with E-state index in [1.54, 1.807) is 6.92 Å². The van der Waals surface area contributed by atoms with Crippen LogP contribution >= 0.6 is 0 Å². The molecule has 0 radical (unpaired) electrons. The van der Waals surface area contributed by atoms with Crippen molar-refractivity contribution >= 4 is 12.0 Å². The van der Waals surface area contributed by atoms with E-state index in [1.807, 2.05) is 0 Å². The predicted octanol–water partition coefficient (Wildman–Crippen LogP) is 0.209. The molecule has 0 saturated heterocycles. The average molecular weight is 332 g/mol. The van der Waals surface area contributed by atoms with Gasteiger partial charge in [0, 0.05) is 25.8 Å². The van der Waals surface area contributed by atoms with Crippen LogP contribution in [0.5, 0.6) is 0 Å². The number of carbonyl (C=O) groups excluding carboxylic acids is 2. The van der Waals surface area contributed by atoms with E-state index in [0.29, 0.717) is 18.7 Å². The van der Waals surface area contributed by atoms with Gasteiger partial charge in [0.1, 0.15) is 12.7 Å². The number of amides is 2. The normalized spacial score (nSPS) is 11.6. The maximum Gasteiger partial charge on any atom is 0.407 e. The monoisotopic (exact) mass is 332 g/mol. The summed E-state index contributed by atoms with van der Waals surface area (Å²) >= 11 is 0. The van der Waals surface area contributed by atoms with E-state index in [9.17, 15) is 14.7 Å². The van der Waals surface area contributed by atoms with Crippen molar-refractivity contribution < 1.29 is 28.9 Å². The summed E-state index contributed by atoms with van der Waals surface area (Å²) in [5.41, 5.74) is 0.409. The van der Waals surface area contributed by atoms with Gasteiger partial charge in [0.25, 0.3) is 0 Å². The van der Waals surface area contributed by atoms with Gasteiger partial charge in [-0.05, 0) is 19.8 Å². The molecule has 1 atom stereocenters. The van der Waals surface area contributed by atoms with Gasteiger partial charge in [0.2, 0.25) is 5.91 Å². The van der Waals surface area contributed by atoms with E-state index in [1.165, 1.54) is 7.11 Å². The lowest BCUT2D eigenvalue weighted by atomic mass is 10.3. The van der Waals surface area contributed by atoms with Crippen molar-refractivity contribution in [1.82, 2.24) is 10.6 Å². The minimum Gasteiger partial charge on any atom is -0.448 e. The molecule has 134 valence electrons. The van der Waals surface area contributed by atoms with Crippen molar-refractivity contribution in [2.45, 2.75) is 25.9 Å². The topological polar surface area (TPSA) is 106 Å². The van der Waals surface area contributed by atoms with E-state index in [-0.39, 0.29) is 32.3 Å². The van der Waals surface area contributed by atoms with Gasteiger partial charge in [-0.3, -0.25) is 4.79 Å². The Hall–Kier alpha value is -1.64. The van der Waals surface area contributed by atoms with Crippen molar-refractivity contribution in [1.29, 1.82) is 0 Å².